The highest BCUT2D eigenvalue weighted by atomic mass is 35.5. The van der Waals surface area contributed by atoms with Crippen LogP contribution in [0.4, 0.5) is 0 Å². The number of nitrogens with zero attached hydrogens (tertiary/aromatic N) is 3. The first-order valence-corrected chi connectivity index (χ1v) is 10.5. The fraction of sp³-hybridized carbons (Fsp3) is 0.571. The zero-order chi connectivity index (χ0) is 19.8. The van der Waals surface area contributed by atoms with E-state index in [0.717, 1.165) is 19.4 Å². The van der Waals surface area contributed by atoms with Gasteiger partial charge in [0.15, 0.2) is 0 Å². The average molecular weight is 404 g/mol. The molecular weight excluding hydrogens is 378 g/mol. The lowest BCUT2D eigenvalue weighted by Crippen LogP contribution is -2.61. The quantitative estimate of drug-likeness (QED) is 0.761. The molecule has 0 spiro atoms. The van der Waals surface area contributed by atoms with Crippen molar-refractivity contribution in [3.05, 3.63) is 34.9 Å². The molecule has 4 rings (SSSR count). The number of likely N-dealkylation sites (tertiary alicyclic amines) is 1. The van der Waals surface area contributed by atoms with Gasteiger partial charge in [-0.05, 0) is 44.7 Å². The molecule has 0 saturated carbocycles. The molecule has 3 saturated heterocycles. The lowest BCUT2D eigenvalue weighted by Gasteiger charge is -2.43. The number of carbonyl (C=O) groups is 3. The van der Waals surface area contributed by atoms with Crippen molar-refractivity contribution in [1.82, 2.24) is 14.7 Å². The van der Waals surface area contributed by atoms with Crippen molar-refractivity contribution in [2.45, 2.75) is 44.7 Å². The van der Waals surface area contributed by atoms with E-state index in [0.29, 0.717) is 43.1 Å². The first-order chi connectivity index (χ1) is 13.5. The van der Waals surface area contributed by atoms with Gasteiger partial charge in [0, 0.05) is 38.1 Å². The molecule has 1 aromatic carbocycles. The third-order valence-corrected chi connectivity index (χ3v) is 6.74. The number of hydrogen-bond donors (Lipinski definition) is 0. The maximum Gasteiger partial charge on any atom is 0.255 e. The molecule has 150 valence electrons. The van der Waals surface area contributed by atoms with Crippen LogP contribution in [0.3, 0.4) is 0 Å². The molecule has 0 radical (unpaired) electrons. The number of rotatable bonds is 2. The Morgan fingerprint density at radius 1 is 1.07 bits per heavy atom. The average Bonchev–Trinajstić information content (AvgIpc) is 3.19. The van der Waals surface area contributed by atoms with Gasteiger partial charge in [-0.25, -0.2) is 0 Å². The fourth-order valence-electron chi connectivity index (χ4n) is 4.72. The topological polar surface area (TPSA) is 60.9 Å². The van der Waals surface area contributed by atoms with Crippen molar-refractivity contribution in [3.8, 4) is 0 Å². The van der Waals surface area contributed by atoms with E-state index in [2.05, 4.69) is 0 Å². The smallest absolute Gasteiger partial charge is 0.255 e. The second-order valence-electron chi connectivity index (χ2n) is 8.04. The molecular formula is C21H26ClN3O3. The third kappa shape index (κ3) is 3.39. The third-order valence-electron chi connectivity index (χ3n) is 6.41. The Hall–Kier alpha value is -2.08. The van der Waals surface area contributed by atoms with Crippen LogP contribution in [0.1, 0.15) is 43.0 Å². The molecule has 6 nitrogen and oxygen atoms in total. The highest BCUT2D eigenvalue weighted by Gasteiger charge is 2.43. The first kappa shape index (κ1) is 19.2. The van der Waals surface area contributed by atoms with Gasteiger partial charge in [0.05, 0.1) is 10.6 Å². The summed E-state index contributed by atoms with van der Waals surface area (Å²) in [6.45, 7) is 4.37. The lowest BCUT2D eigenvalue weighted by atomic mass is 9.93. The molecule has 0 aliphatic carbocycles. The summed E-state index contributed by atoms with van der Waals surface area (Å²) in [7, 11) is 0. The summed E-state index contributed by atoms with van der Waals surface area (Å²) in [5, 5.41) is 0.451. The Morgan fingerprint density at radius 2 is 1.79 bits per heavy atom. The molecule has 3 aliphatic heterocycles. The molecule has 28 heavy (non-hydrogen) atoms. The van der Waals surface area contributed by atoms with E-state index < -0.39 is 0 Å². The van der Waals surface area contributed by atoms with Crippen molar-refractivity contribution in [2.24, 2.45) is 5.92 Å². The number of fused-ring (bicyclic) bond motifs is 1. The Balaban J connectivity index is 1.38. The zero-order valence-electron chi connectivity index (χ0n) is 16.1. The van der Waals surface area contributed by atoms with Gasteiger partial charge >= 0.3 is 0 Å². The summed E-state index contributed by atoms with van der Waals surface area (Å²) >= 11 is 6.15. The molecule has 1 aromatic rings. The molecule has 3 heterocycles. The van der Waals surface area contributed by atoms with E-state index >= 15 is 0 Å². The molecule has 7 heteroatoms. The summed E-state index contributed by atoms with van der Waals surface area (Å²) in [6.07, 6.45) is 3.25. The maximum absolute atomic E-state index is 13.1. The van der Waals surface area contributed by atoms with E-state index in [4.69, 9.17) is 11.6 Å². The maximum atomic E-state index is 13.1. The number of halogens is 1. The molecule has 0 bridgehead atoms. The SMILES string of the molecule is C[C@@H]1C(=O)N2CCC[C@@H]2CN1C(=O)C1CCN(C(=O)c2ccccc2Cl)CC1. The van der Waals surface area contributed by atoms with Crippen LogP contribution < -0.4 is 0 Å². The van der Waals surface area contributed by atoms with Crippen molar-refractivity contribution < 1.29 is 14.4 Å². The molecule has 3 aliphatic rings. The standard InChI is InChI=1S/C21H26ClN3O3/c1-14-19(26)24-10-4-5-16(24)13-25(14)20(27)15-8-11-23(12-9-15)21(28)17-6-2-3-7-18(17)22/h2-3,6-7,14-16H,4-5,8-13H2,1H3/t14-,16-/m1/s1. The molecule has 2 atom stereocenters. The van der Waals surface area contributed by atoms with Crippen LogP contribution in [0, 0.1) is 5.92 Å². The van der Waals surface area contributed by atoms with Gasteiger partial charge < -0.3 is 14.7 Å². The van der Waals surface area contributed by atoms with Crippen molar-refractivity contribution >= 4 is 29.3 Å². The van der Waals surface area contributed by atoms with Crippen LogP contribution in [0.25, 0.3) is 0 Å². The van der Waals surface area contributed by atoms with Crippen molar-refractivity contribution in [2.75, 3.05) is 26.2 Å². The summed E-state index contributed by atoms with van der Waals surface area (Å²) in [5.41, 5.74) is 0.505. The van der Waals surface area contributed by atoms with Crippen LogP contribution in [0.2, 0.25) is 5.02 Å². The summed E-state index contributed by atoms with van der Waals surface area (Å²) in [5.74, 6) is -0.0659. The molecule has 0 N–H and O–H groups in total. The minimum Gasteiger partial charge on any atom is -0.339 e. The van der Waals surface area contributed by atoms with Crippen molar-refractivity contribution in [1.29, 1.82) is 0 Å². The van der Waals surface area contributed by atoms with Crippen molar-refractivity contribution in [3.63, 3.8) is 0 Å². The number of piperidine rings is 1. The molecule has 0 unspecified atom stereocenters. The monoisotopic (exact) mass is 403 g/mol. The number of hydrogen-bond acceptors (Lipinski definition) is 3. The van der Waals surface area contributed by atoms with Gasteiger partial charge in [-0.3, -0.25) is 14.4 Å². The number of benzene rings is 1. The number of carbonyl (C=O) groups excluding carboxylic acids is 3. The highest BCUT2D eigenvalue weighted by Crippen LogP contribution is 2.29. The normalized spacial score (nSPS) is 25.8. The molecule has 3 amide bonds. The lowest BCUT2D eigenvalue weighted by molar-refractivity contribution is -0.155. The van der Waals surface area contributed by atoms with Gasteiger partial charge in [0.2, 0.25) is 11.8 Å². The van der Waals surface area contributed by atoms with Crippen LogP contribution >= 0.6 is 11.6 Å². The van der Waals surface area contributed by atoms with E-state index in [1.165, 1.54) is 0 Å². The second kappa shape index (κ2) is 7.74. The second-order valence-corrected chi connectivity index (χ2v) is 8.45. The van der Waals surface area contributed by atoms with E-state index in [-0.39, 0.29) is 35.7 Å². The van der Waals surface area contributed by atoms with E-state index in [9.17, 15) is 14.4 Å². The minimum absolute atomic E-state index is 0.0669. The van der Waals surface area contributed by atoms with Gasteiger partial charge in [0.1, 0.15) is 6.04 Å². The Morgan fingerprint density at radius 3 is 2.50 bits per heavy atom. The van der Waals surface area contributed by atoms with Crippen LogP contribution in [-0.4, -0.2) is 70.7 Å². The zero-order valence-corrected chi connectivity index (χ0v) is 16.9. The number of piperazine rings is 1. The fourth-order valence-corrected chi connectivity index (χ4v) is 4.94. The minimum atomic E-state index is -0.385. The summed E-state index contributed by atoms with van der Waals surface area (Å²) in [6, 6.07) is 6.84. The predicted molar refractivity (Wildman–Crippen MR) is 106 cm³/mol. The summed E-state index contributed by atoms with van der Waals surface area (Å²) < 4.78 is 0. The predicted octanol–water partition coefficient (Wildman–Crippen LogP) is 2.41. The van der Waals surface area contributed by atoms with Gasteiger partial charge in [-0.1, -0.05) is 23.7 Å². The first-order valence-electron chi connectivity index (χ1n) is 10.1. The van der Waals surface area contributed by atoms with Gasteiger partial charge in [-0.2, -0.15) is 0 Å². The Bertz CT molecular complexity index is 791. The Labute approximate surface area is 170 Å². The van der Waals surface area contributed by atoms with Gasteiger partial charge in [0.25, 0.3) is 5.91 Å². The van der Waals surface area contributed by atoms with Gasteiger partial charge in [-0.15, -0.1) is 0 Å². The van der Waals surface area contributed by atoms with Crippen LogP contribution in [0.5, 0.6) is 0 Å². The Kier molecular flexibility index (Phi) is 5.32. The van der Waals surface area contributed by atoms with E-state index in [1.54, 1.807) is 34.1 Å². The van der Waals surface area contributed by atoms with Crippen LogP contribution in [-0.2, 0) is 9.59 Å². The molecule has 3 fully saturated rings. The molecule has 0 aromatic heterocycles. The van der Waals surface area contributed by atoms with Crippen LogP contribution in [0.15, 0.2) is 24.3 Å². The largest absolute Gasteiger partial charge is 0.339 e. The summed E-state index contributed by atoms with van der Waals surface area (Å²) in [4.78, 5) is 43.9. The highest BCUT2D eigenvalue weighted by molar-refractivity contribution is 6.33. The number of amides is 3. The van der Waals surface area contributed by atoms with E-state index in [1.807, 2.05) is 11.8 Å².